The first-order valence-electron chi connectivity index (χ1n) is 3.94. The van der Waals surface area contributed by atoms with E-state index in [4.69, 9.17) is 5.26 Å². The van der Waals surface area contributed by atoms with Crippen LogP contribution >= 0.6 is 0 Å². The molecular formula is C8H10N2O2. The second-order valence-electron chi connectivity index (χ2n) is 3.57. The van der Waals surface area contributed by atoms with Crippen molar-refractivity contribution < 1.29 is 9.53 Å². The summed E-state index contributed by atoms with van der Waals surface area (Å²) in [7, 11) is 1.38. The first-order valence-corrected chi connectivity index (χ1v) is 3.94. The number of nitrogens with zero attached hydrogens (tertiary/aromatic N) is 2. The molecule has 0 bridgehead atoms. The van der Waals surface area contributed by atoms with Crippen molar-refractivity contribution in [2.24, 2.45) is 11.3 Å². The number of carbonyl (C=O) groups is 1. The van der Waals surface area contributed by atoms with Crippen LogP contribution in [0.4, 0.5) is 4.79 Å². The van der Waals surface area contributed by atoms with Crippen molar-refractivity contribution in [2.45, 2.75) is 6.42 Å². The maximum atomic E-state index is 10.9. The predicted molar refractivity (Wildman–Crippen MR) is 40.1 cm³/mol. The second-order valence-corrected chi connectivity index (χ2v) is 3.57. The van der Waals surface area contributed by atoms with E-state index in [0.29, 0.717) is 13.1 Å². The Morgan fingerprint density at radius 3 is 2.83 bits per heavy atom. The molecule has 1 saturated heterocycles. The highest BCUT2D eigenvalue weighted by Crippen LogP contribution is 2.58. The van der Waals surface area contributed by atoms with Crippen LogP contribution in [0.15, 0.2) is 0 Å². The molecule has 1 aliphatic carbocycles. The van der Waals surface area contributed by atoms with Gasteiger partial charge in [0, 0.05) is 18.5 Å². The topological polar surface area (TPSA) is 53.3 Å². The summed E-state index contributed by atoms with van der Waals surface area (Å²) in [6.45, 7) is 1.41. The average Bonchev–Trinajstić information content (AvgIpc) is 2.74. The van der Waals surface area contributed by atoms with Crippen molar-refractivity contribution in [3.63, 3.8) is 0 Å². The van der Waals surface area contributed by atoms with Gasteiger partial charge in [-0.2, -0.15) is 5.26 Å². The van der Waals surface area contributed by atoms with Gasteiger partial charge in [-0.15, -0.1) is 0 Å². The van der Waals surface area contributed by atoms with E-state index < -0.39 is 0 Å². The third kappa shape index (κ3) is 0.795. The summed E-state index contributed by atoms with van der Waals surface area (Å²) in [5, 5.41) is 8.60. The van der Waals surface area contributed by atoms with E-state index in [9.17, 15) is 4.79 Å². The molecule has 1 atom stereocenters. The van der Waals surface area contributed by atoms with Gasteiger partial charge in [-0.25, -0.2) is 4.79 Å². The molecule has 1 heterocycles. The lowest BCUT2D eigenvalue weighted by Gasteiger charge is -2.38. The summed E-state index contributed by atoms with van der Waals surface area (Å²) in [4.78, 5) is 12.6. The maximum Gasteiger partial charge on any atom is 0.409 e. The first kappa shape index (κ1) is 7.41. The minimum absolute atomic E-state index is 0.156. The van der Waals surface area contributed by atoms with E-state index in [-0.39, 0.29) is 17.4 Å². The fraction of sp³-hybridized carbons (Fsp3) is 0.750. The molecule has 1 spiro atoms. The van der Waals surface area contributed by atoms with Crippen LogP contribution in [-0.4, -0.2) is 31.2 Å². The van der Waals surface area contributed by atoms with Gasteiger partial charge in [0.1, 0.15) is 0 Å². The summed E-state index contributed by atoms with van der Waals surface area (Å²) in [5.74, 6) is 0.179. The molecule has 0 radical (unpaired) electrons. The fourth-order valence-electron chi connectivity index (χ4n) is 1.85. The smallest absolute Gasteiger partial charge is 0.409 e. The standard InChI is InChI=1S/C8H10N2O2/c1-12-7(11)10-4-8(5-10)2-6(8)3-9/h6H,2,4-5H2,1H3. The van der Waals surface area contributed by atoms with Crippen molar-refractivity contribution in [3.05, 3.63) is 0 Å². The SMILES string of the molecule is COC(=O)N1CC2(CC2C#N)C1. The number of methoxy groups -OCH3 is 1. The lowest BCUT2D eigenvalue weighted by atomic mass is 9.95. The molecule has 64 valence electrons. The van der Waals surface area contributed by atoms with Crippen molar-refractivity contribution in [1.82, 2.24) is 4.90 Å². The number of amides is 1. The van der Waals surface area contributed by atoms with E-state index in [1.165, 1.54) is 7.11 Å². The van der Waals surface area contributed by atoms with Crippen molar-refractivity contribution in [2.75, 3.05) is 20.2 Å². The Kier molecular flexibility index (Phi) is 1.31. The van der Waals surface area contributed by atoms with Crippen LogP contribution in [0.5, 0.6) is 0 Å². The molecule has 0 aromatic rings. The van der Waals surface area contributed by atoms with E-state index >= 15 is 0 Å². The van der Waals surface area contributed by atoms with E-state index in [1.807, 2.05) is 0 Å². The molecule has 1 amide bonds. The summed E-state index contributed by atoms with van der Waals surface area (Å²) >= 11 is 0. The molecular weight excluding hydrogens is 156 g/mol. The van der Waals surface area contributed by atoms with Crippen LogP contribution in [0.25, 0.3) is 0 Å². The van der Waals surface area contributed by atoms with Gasteiger partial charge in [-0.1, -0.05) is 0 Å². The van der Waals surface area contributed by atoms with Crippen LogP contribution < -0.4 is 0 Å². The number of hydrogen-bond acceptors (Lipinski definition) is 3. The Morgan fingerprint density at radius 2 is 2.42 bits per heavy atom. The minimum atomic E-state index is -0.274. The van der Waals surface area contributed by atoms with Crippen molar-refractivity contribution >= 4 is 6.09 Å². The third-order valence-electron chi connectivity index (χ3n) is 2.79. The number of ether oxygens (including phenoxy) is 1. The third-order valence-corrected chi connectivity index (χ3v) is 2.79. The van der Waals surface area contributed by atoms with Gasteiger partial charge in [-0.3, -0.25) is 0 Å². The molecule has 0 N–H and O–H groups in total. The molecule has 0 aromatic heterocycles. The summed E-state index contributed by atoms with van der Waals surface area (Å²) in [5.41, 5.74) is 0.156. The zero-order chi connectivity index (χ0) is 8.77. The minimum Gasteiger partial charge on any atom is -0.453 e. The lowest BCUT2D eigenvalue weighted by molar-refractivity contribution is 0.0537. The predicted octanol–water partition coefficient (Wildman–Crippen LogP) is 0.598. The molecule has 12 heavy (non-hydrogen) atoms. The second kappa shape index (κ2) is 2.13. The molecule has 1 unspecified atom stereocenters. The van der Waals surface area contributed by atoms with Gasteiger partial charge >= 0.3 is 6.09 Å². The number of likely N-dealkylation sites (tertiary alicyclic amines) is 1. The largest absolute Gasteiger partial charge is 0.453 e. The summed E-state index contributed by atoms with van der Waals surface area (Å²) < 4.78 is 4.55. The number of hydrogen-bond donors (Lipinski definition) is 0. The summed E-state index contributed by atoms with van der Waals surface area (Å²) in [6.07, 6.45) is 0.681. The molecule has 2 aliphatic rings. The van der Waals surface area contributed by atoms with Gasteiger partial charge in [0.2, 0.25) is 0 Å². The van der Waals surface area contributed by atoms with Gasteiger partial charge in [0.05, 0.1) is 19.1 Å². The van der Waals surface area contributed by atoms with Crippen molar-refractivity contribution in [3.8, 4) is 6.07 Å². The number of carbonyl (C=O) groups excluding carboxylic acids is 1. The Morgan fingerprint density at radius 1 is 1.75 bits per heavy atom. The number of rotatable bonds is 0. The van der Waals surface area contributed by atoms with Crippen LogP contribution in [0.3, 0.4) is 0 Å². The average molecular weight is 166 g/mol. The van der Waals surface area contributed by atoms with Gasteiger partial charge < -0.3 is 9.64 Å². The van der Waals surface area contributed by atoms with Crippen LogP contribution in [0.1, 0.15) is 6.42 Å². The van der Waals surface area contributed by atoms with E-state index in [0.717, 1.165) is 6.42 Å². The Bertz CT molecular complexity index is 263. The Labute approximate surface area is 70.7 Å². The van der Waals surface area contributed by atoms with Crippen LogP contribution in [0, 0.1) is 22.7 Å². The Balaban J connectivity index is 1.86. The molecule has 1 saturated carbocycles. The van der Waals surface area contributed by atoms with Crippen LogP contribution in [0.2, 0.25) is 0 Å². The van der Waals surface area contributed by atoms with E-state index in [2.05, 4.69) is 10.8 Å². The van der Waals surface area contributed by atoms with Gasteiger partial charge in [0.15, 0.2) is 0 Å². The van der Waals surface area contributed by atoms with Gasteiger partial charge in [0.25, 0.3) is 0 Å². The van der Waals surface area contributed by atoms with Gasteiger partial charge in [-0.05, 0) is 6.42 Å². The highest BCUT2D eigenvalue weighted by Gasteiger charge is 2.63. The van der Waals surface area contributed by atoms with Crippen molar-refractivity contribution in [1.29, 1.82) is 5.26 Å². The quantitative estimate of drug-likeness (QED) is 0.529. The zero-order valence-electron chi connectivity index (χ0n) is 6.91. The molecule has 4 nitrogen and oxygen atoms in total. The fourth-order valence-corrected chi connectivity index (χ4v) is 1.85. The highest BCUT2D eigenvalue weighted by atomic mass is 16.5. The molecule has 2 rings (SSSR count). The monoisotopic (exact) mass is 166 g/mol. The summed E-state index contributed by atoms with van der Waals surface area (Å²) in [6, 6.07) is 2.23. The highest BCUT2D eigenvalue weighted by molar-refractivity contribution is 5.69. The Hall–Kier alpha value is -1.24. The zero-order valence-corrected chi connectivity index (χ0v) is 6.91. The molecule has 0 aromatic carbocycles. The lowest BCUT2D eigenvalue weighted by Crippen LogP contribution is -2.52. The molecule has 1 aliphatic heterocycles. The van der Waals surface area contributed by atoms with Crippen LogP contribution in [-0.2, 0) is 4.74 Å². The normalized spacial score (nSPS) is 29.0. The maximum absolute atomic E-state index is 10.9. The first-order chi connectivity index (χ1) is 5.72. The molecule has 4 heteroatoms. The number of nitriles is 1. The molecule has 2 fully saturated rings. The van der Waals surface area contributed by atoms with E-state index in [1.54, 1.807) is 4.90 Å².